The van der Waals surface area contributed by atoms with E-state index in [1.165, 1.54) is 4.57 Å². The number of nitrogens with zero attached hydrogens (tertiary/aromatic N) is 3. The normalized spacial score (nSPS) is 10.2. The van der Waals surface area contributed by atoms with Crippen molar-refractivity contribution >= 4 is 5.69 Å². The van der Waals surface area contributed by atoms with Gasteiger partial charge in [-0.2, -0.15) is 0 Å². The molecule has 2 aromatic rings. The molecule has 0 aliphatic rings. The Balaban J connectivity index is 2.40. The van der Waals surface area contributed by atoms with Crippen molar-refractivity contribution < 1.29 is 4.74 Å². The molecule has 0 bridgehead atoms. The maximum Gasteiger partial charge on any atom is 0.279 e. The number of anilines is 1. The molecule has 2 rings (SSSR count). The Labute approximate surface area is 97.7 Å². The number of ether oxygens (including phenoxy) is 1. The lowest BCUT2D eigenvalue weighted by Crippen LogP contribution is -2.21. The van der Waals surface area contributed by atoms with E-state index in [2.05, 4.69) is 10.2 Å². The van der Waals surface area contributed by atoms with Crippen LogP contribution >= 0.6 is 0 Å². The lowest BCUT2D eigenvalue weighted by Gasteiger charge is -2.05. The van der Waals surface area contributed by atoms with Gasteiger partial charge in [-0.15, -0.1) is 10.2 Å². The van der Waals surface area contributed by atoms with Crippen molar-refractivity contribution in [1.82, 2.24) is 14.8 Å². The quantitative estimate of drug-likeness (QED) is 0.838. The van der Waals surface area contributed by atoms with E-state index >= 15 is 0 Å². The van der Waals surface area contributed by atoms with Crippen molar-refractivity contribution in [3.8, 4) is 11.7 Å². The molecule has 6 nitrogen and oxygen atoms in total. The predicted octanol–water partition coefficient (Wildman–Crippen LogP) is 0.608. The summed E-state index contributed by atoms with van der Waals surface area (Å²) in [5.41, 5.74) is 5.39. The minimum absolute atomic E-state index is 0.170. The summed E-state index contributed by atoms with van der Waals surface area (Å²) in [5, 5.41) is 7.74. The zero-order chi connectivity index (χ0) is 12.3. The molecule has 0 fully saturated rings. The van der Waals surface area contributed by atoms with Crippen molar-refractivity contribution in [3.05, 3.63) is 40.8 Å². The van der Waals surface area contributed by atoms with Gasteiger partial charge in [0.1, 0.15) is 0 Å². The van der Waals surface area contributed by atoms with E-state index in [1.54, 1.807) is 30.5 Å². The Hall–Kier alpha value is -2.37. The Morgan fingerprint density at radius 1 is 1.35 bits per heavy atom. The maximum absolute atomic E-state index is 11.7. The van der Waals surface area contributed by atoms with Crippen LogP contribution in [0.25, 0.3) is 5.82 Å². The van der Waals surface area contributed by atoms with E-state index in [4.69, 9.17) is 10.5 Å². The average molecular weight is 232 g/mol. The highest BCUT2D eigenvalue weighted by molar-refractivity contribution is 5.37. The lowest BCUT2D eigenvalue weighted by molar-refractivity contribution is 0.322. The average Bonchev–Trinajstić information content (AvgIpc) is 2.34. The Bertz CT molecular complexity index is 562. The van der Waals surface area contributed by atoms with E-state index in [-0.39, 0.29) is 11.2 Å². The van der Waals surface area contributed by atoms with Gasteiger partial charge in [0.2, 0.25) is 5.88 Å². The molecular weight excluding hydrogens is 220 g/mol. The number of hydrogen-bond acceptors (Lipinski definition) is 5. The summed E-state index contributed by atoms with van der Waals surface area (Å²) in [5.74, 6) is 0.832. The third-order valence-electron chi connectivity index (χ3n) is 2.14. The van der Waals surface area contributed by atoms with E-state index < -0.39 is 0 Å². The first-order valence-corrected chi connectivity index (χ1v) is 5.16. The SMILES string of the molecule is CCOc1ccc(-n2cccc(N)c2=O)nn1. The van der Waals surface area contributed by atoms with Gasteiger partial charge in [-0.1, -0.05) is 0 Å². The fourth-order valence-corrected chi connectivity index (χ4v) is 1.36. The highest BCUT2D eigenvalue weighted by atomic mass is 16.5. The fraction of sp³-hybridized carbons (Fsp3) is 0.182. The minimum Gasteiger partial charge on any atom is -0.477 e. The molecule has 0 aliphatic heterocycles. The molecule has 0 atom stereocenters. The monoisotopic (exact) mass is 232 g/mol. The number of hydrogen-bond donors (Lipinski definition) is 1. The molecule has 2 N–H and O–H groups in total. The standard InChI is InChI=1S/C11H12N4O2/c1-2-17-10-6-5-9(13-14-10)15-7-3-4-8(12)11(15)16/h3-7H,2,12H2,1H3. The van der Waals surface area contributed by atoms with Crippen molar-refractivity contribution in [2.45, 2.75) is 6.92 Å². The molecular formula is C11H12N4O2. The molecule has 0 saturated heterocycles. The van der Waals surface area contributed by atoms with Crippen LogP contribution in [0.2, 0.25) is 0 Å². The van der Waals surface area contributed by atoms with Gasteiger partial charge >= 0.3 is 0 Å². The Kier molecular flexibility index (Phi) is 3.04. The Morgan fingerprint density at radius 3 is 2.82 bits per heavy atom. The molecule has 0 radical (unpaired) electrons. The van der Waals surface area contributed by atoms with Crippen molar-refractivity contribution in [2.75, 3.05) is 12.3 Å². The number of pyridine rings is 1. The van der Waals surface area contributed by atoms with Gasteiger partial charge < -0.3 is 10.5 Å². The Morgan fingerprint density at radius 2 is 2.18 bits per heavy atom. The molecule has 0 aliphatic carbocycles. The minimum atomic E-state index is -0.314. The second kappa shape index (κ2) is 4.65. The number of aromatic nitrogens is 3. The zero-order valence-corrected chi connectivity index (χ0v) is 9.33. The highest BCUT2D eigenvalue weighted by Crippen LogP contribution is 2.07. The van der Waals surface area contributed by atoms with E-state index in [9.17, 15) is 4.79 Å². The van der Waals surface area contributed by atoms with Gasteiger partial charge in [0, 0.05) is 12.3 Å². The van der Waals surface area contributed by atoms with Crippen LogP contribution in [0.3, 0.4) is 0 Å². The molecule has 0 amide bonds. The van der Waals surface area contributed by atoms with Crippen molar-refractivity contribution in [1.29, 1.82) is 0 Å². The van der Waals surface area contributed by atoms with Gasteiger partial charge in [0.25, 0.3) is 5.56 Å². The first kappa shape index (κ1) is 11.1. The van der Waals surface area contributed by atoms with Crippen LogP contribution in [-0.2, 0) is 0 Å². The summed E-state index contributed by atoms with van der Waals surface area (Å²) in [6.07, 6.45) is 1.59. The molecule has 0 unspecified atom stereocenters. The summed E-state index contributed by atoms with van der Waals surface area (Å²) < 4.78 is 6.50. The third kappa shape index (κ3) is 2.25. The first-order chi connectivity index (χ1) is 8.22. The molecule has 17 heavy (non-hydrogen) atoms. The topological polar surface area (TPSA) is 83.0 Å². The van der Waals surface area contributed by atoms with Crippen LogP contribution in [-0.4, -0.2) is 21.4 Å². The van der Waals surface area contributed by atoms with Crippen LogP contribution < -0.4 is 16.0 Å². The van der Waals surface area contributed by atoms with Crippen molar-refractivity contribution in [3.63, 3.8) is 0 Å². The van der Waals surface area contributed by atoms with Crippen LogP contribution in [0, 0.1) is 0 Å². The number of nitrogen functional groups attached to an aromatic ring is 1. The zero-order valence-electron chi connectivity index (χ0n) is 9.33. The summed E-state index contributed by atoms with van der Waals surface area (Å²) in [6, 6.07) is 6.52. The van der Waals surface area contributed by atoms with Crippen LogP contribution in [0.4, 0.5) is 5.69 Å². The van der Waals surface area contributed by atoms with Gasteiger partial charge in [0.05, 0.1) is 12.3 Å². The van der Waals surface area contributed by atoms with Gasteiger partial charge in [-0.3, -0.25) is 9.36 Å². The molecule has 0 spiro atoms. The predicted molar refractivity (Wildman–Crippen MR) is 63.2 cm³/mol. The third-order valence-corrected chi connectivity index (χ3v) is 2.14. The lowest BCUT2D eigenvalue weighted by atomic mass is 10.4. The molecule has 2 aromatic heterocycles. The maximum atomic E-state index is 11.7. The van der Waals surface area contributed by atoms with Gasteiger partial charge in [0.15, 0.2) is 5.82 Å². The first-order valence-electron chi connectivity index (χ1n) is 5.16. The van der Waals surface area contributed by atoms with Crippen molar-refractivity contribution in [2.24, 2.45) is 0 Å². The molecule has 2 heterocycles. The highest BCUT2D eigenvalue weighted by Gasteiger charge is 2.04. The molecule has 88 valence electrons. The van der Waals surface area contributed by atoms with Gasteiger partial charge in [-0.25, -0.2) is 0 Å². The fourth-order valence-electron chi connectivity index (χ4n) is 1.36. The van der Waals surface area contributed by atoms with Crippen LogP contribution in [0.15, 0.2) is 35.3 Å². The molecule has 0 saturated carbocycles. The van der Waals surface area contributed by atoms with E-state index in [0.717, 1.165) is 0 Å². The van der Waals surface area contributed by atoms with Crippen LogP contribution in [0.5, 0.6) is 5.88 Å². The van der Waals surface area contributed by atoms with Gasteiger partial charge in [-0.05, 0) is 25.1 Å². The number of nitrogens with two attached hydrogens (primary N) is 1. The summed E-state index contributed by atoms with van der Waals surface area (Å²) in [4.78, 5) is 11.7. The molecule has 6 heteroatoms. The number of rotatable bonds is 3. The second-order valence-corrected chi connectivity index (χ2v) is 3.30. The summed E-state index contributed by atoms with van der Waals surface area (Å²) in [6.45, 7) is 2.38. The van der Waals surface area contributed by atoms with Crippen LogP contribution in [0.1, 0.15) is 6.92 Å². The summed E-state index contributed by atoms with van der Waals surface area (Å²) in [7, 11) is 0. The summed E-state index contributed by atoms with van der Waals surface area (Å²) >= 11 is 0. The largest absolute Gasteiger partial charge is 0.477 e. The second-order valence-electron chi connectivity index (χ2n) is 3.30. The smallest absolute Gasteiger partial charge is 0.279 e. The van der Waals surface area contributed by atoms with E-state index in [0.29, 0.717) is 18.3 Å². The van der Waals surface area contributed by atoms with E-state index in [1.807, 2.05) is 6.92 Å². The molecule has 0 aromatic carbocycles.